The van der Waals surface area contributed by atoms with Gasteiger partial charge in [-0.1, -0.05) is 18.5 Å². The molecule has 17 heavy (non-hydrogen) atoms. The van der Waals surface area contributed by atoms with Crippen LogP contribution < -0.4 is 5.32 Å². The molecule has 98 valence electrons. The summed E-state index contributed by atoms with van der Waals surface area (Å²) in [6, 6.07) is 4.36. The summed E-state index contributed by atoms with van der Waals surface area (Å²) >= 11 is 7.55. The van der Waals surface area contributed by atoms with E-state index < -0.39 is 0 Å². The first-order valence-electron chi connectivity index (χ1n) is 5.80. The number of nitrogens with one attached hydrogen (secondary N) is 1. The van der Waals surface area contributed by atoms with Gasteiger partial charge in [-0.25, -0.2) is 0 Å². The van der Waals surface area contributed by atoms with Crippen molar-refractivity contribution in [2.24, 2.45) is 0 Å². The highest BCUT2D eigenvalue weighted by atomic mass is 35.5. The van der Waals surface area contributed by atoms with Gasteiger partial charge >= 0.3 is 0 Å². The first kappa shape index (κ1) is 14.9. The van der Waals surface area contributed by atoms with Gasteiger partial charge < -0.3 is 14.8 Å². The van der Waals surface area contributed by atoms with Gasteiger partial charge in [0.25, 0.3) is 0 Å². The highest BCUT2D eigenvalue weighted by Gasteiger charge is 2.10. The minimum absolute atomic E-state index is 0.339. The zero-order valence-corrected chi connectivity index (χ0v) is 11.9. The average molecular weight is 278 g/mol. The summed E-state index contributed by atoms with van der Waals surface area (Å²) in [5, 5.41) is 3.42. The molecule has 5 heteroatoms. The van der Waals surface area contributed by atoms with Crippen molar-refractivity contribution < 1.29 is 9.47 Å². The van der Waals surface area contributed by atoms with Gasteiger partial charge in [0.1, 0.15) is 0 Å². The Labute approximate surface area is 112 Å². The number of thiophene rings is 1. The van der Waals surface area contributed by atoms with Crippen molar-refractivity contribution in [2.45, 2.75) is 19.4 Å². The van der Waals surface area contributed by atoms with Crippen molar-refractivity contribution in [2.75, 3.05) is 33.5 Å². The molecule has 0 bridgehead atoms. The third-order valence-electron chi connectivity index (χ3n) is 2.32. The van der Waals surface area contributed by atoms with Crippen LogP contribution in [-0.4, -0.2) is 39.5 Å². The molecule has 1 atom stereocenters. The Bertz CT molecular complexity index is 306. The van der Waals surface area contributed by atoms with E-state index in [0.29, 0.717) is 25.9 Å². The Morgan fingerprint density at radius 3 is 2.82 bits per heavy atom. The van der Waals surface area contributed by atoms with Crippen LogP contribution in [0.1, 0.15) is 11.8 Å². The third-order valence-corrected chi connectivity index (χ3v) is 3.57. The van der Waals surface area contributed by atoms with Gasteiger partial charge in [-0.05, 0) is 25.1 Å². The first-order chi connectivity index (χ1) is 8.26. The number of rotatable bonds is 9. The van der Waals surface area contributed by atoms with E-state index in [2.05, 4.69) is 18.3 Å². The molecule has 0 spiro atoms. The molecule has 0 radical (unpaired) electrons. The molecule has 0 amide bonds. The number of methoxy groups -OCH3 is 1. The maximum atomic E-state index is 5.92. The Kier molecular flexibility index (Phi) is 7.81. The lowest BCUT2D eigenvalue weighted by Crippen LogP contribution is -2.35. The second-order valence-electron chi connectivity index (χ2n) is 3.73. The van der Waals surface area contributed by atoms with Crippen LogP contribution in [0.2, 0.25) is 4.34 Å². The van der Waals surface area contributed by atoms with E-state index in [4.69, 9.17) is 21.1 Å². The SMILES string of the molecule is CCNC(COCCOC)Cc1ccc(Cl)s1. The van der Waals surface area contributed by atoms with Crippen LogP contribution in [0.25, 0.3) is 0 Å². The summed E-state index contributed by atoms with van der Waals surface area (Å²) in [6.07, 6.45) is 0.957. The molecule has 0 saturated carbocycles. The lowest BCUT2D eigenvalue weighted by Gasteiger charge is -2.17. The summed E-state index contributed by atoms with van der Waals surface area (Å²) in [5.41, 5.74) is 0. The van der Waals surface area contributed by atoms with Crippen LogP contribution in [0.4, 0.5) is 0 Å². The van der Waals surface area contributed by atoms with Crippen LogP contribution >= 0.6 is 22.9 Å². The maximum Gasteiger partial charge on any atom is 0.0931 e. The molecule has 1 aromatic heterocycles. The molecule has 0 saturated heterocycles. The fourth-order valence-electron chi connectivity index (χ4n) is 1.55. The standard InChI is InChI=1S/C12H20ClNO2S/c1-3-14-10(9-16-7-6-15-2)8-11-4-5-12(13)17-11/h4-5,10,14H,3,6-9H2,1-2H3. The lowest BCUT2D eigenvalue weighted by atomic mass is 10.2. The quantitative estimate of drug-likeness (QED) is 0.704. The molecular formula is C12H20ClNO2S. The maximum absolute atomic E-state index is 5.92. The Morgan fingerprint density at radius 2 is 2.24 bits per heavy atom. The minimum atomic E-state index is 0.339. The molecular weight excluding hydrogens is 258 g/mol. The van der Waals surface area contributed by atoms with Crippen LogP contribution in [0, 0.1) is 0 Å². The van der Waals surface area contributed by atoms with Crippen LogP contribution in [0.15, 0.2) is 12.1 Å². The fourth-order valence-corrected chi connectivity index (χ4v) is 2.72. The molecule has 0 aliphatic carbocycles. The van der Waals surface area contributed by atoms with Gasteiger partial charge in [0.05, 0.1) is 24.2 Å². The normalized spacial score (nSPS) is 12.9. The van der Waals surface area contributed by atoms with Gasteiger partial charge in [0.15, 0.2) is 0 Å². The zero-order chi connectivity index (χ0) is 12.5. The van der Waals surface area contributed by atoms with Crippen molar-refractivity contribution in [1.29, 1.82) is 0 Å². The van der Waals surface area contributed by atoms with Crippen molar-refractivity contribution in [3.05, 3.63) is 21.3 Å². The van der Waals surface area contributed by atoms with Gasteiger partial charge in [-0.2, -0.15) is 0 Å². The number of ether oxygens (including phenoxy) is 2. The molecule has 1 rings (SSSR count). The molecule has 0 aromatic carbocycles. The van der Waals surface area contributed by atoms with Crippen molar-refractivity contribution in [3.63, 3.8) is 0 Å². The van der Waals surface area contributed by atoms with E-state index in [1.54, 1.807) is 18.4 Å². The monoisotopic (exact) mass is 277 g/mol. The van der Waals surface area contributed by atoms with Crippen LogP contribution in [0.3, 0.4) is 0 Å². The largest absolute Gasteiger partial charge is 0.382 e. The molecule has 3 nitrogen and oxygen atoms in total. The second kappa shape index (κ2) is 8.89. The molecule has 1 N–H and O–H groups in total. The summed E-state index contributed by atoms with van der Waals surface area (Å²) in [5.74, 6) is 0. The van der Waals surface area contributed by atoms with Crippen molar-refractivity contribution >= 4 is 22.9 Å². The van der Waals surface area contributed by atoms with E-state index in [1.165, 1.54) is 4.88 Å². The fraction of sp³-hybridized carbons (Fsp3) is 0.667. The smallest absolute Gasteiger partial charge is 0.0931 e. The molecule has 0 fully saturated rings. The topological polar surface area (TPSA) is 30.5 Å². The van der Waals surface area contributed by atoms with E-state index in [1.807, 2.05) is 6.07 Å². The average Bonchev–Trinajstić information content (AvgIpc) is 2.70. The molecule has 1 aromatic rings. The van der Waals surface area contributed by atoms with Crippen LogP contribution in [0.5, 0.6) is 0 Å². The first-order valence-corrected chi connectivity index (χ1v) is 7.00. The van der Waals surface area contributed by atoms with E-state index in [0.717, 1.165) is 17.3 Å². The summed E-state index contributed by atoms with van der Waals surface area (Å²) in [4.78, 5) is 1.29. The summed E-state index contributed by atoms with van der Waals surface area (Å²) in [6.45, 7) is 5.03. The van der Waals surface area contributed by atoms with E-state index in [9.17, 15) is 0 Å². The van der Waals surface area contributed by atoms with Gasteiger partial charge in [0, 0.05) is 18.0 Å². The Hall–Kier alpha value is -0.130. The Morgan fingerprint density at radius 1 is 1.41 bits per heavy atom. The number of likely N-dealkylation sites (N-methyl/N-ethyl adjacent to an activating group) is 1. The number of hydrogen-bond donors (Lipinski definition) is 1. The second-order valence-corrected chi connectivity index (χ2v) is 5.53. The Balaban J connectivity index is 2.32. The van der Waals surface area contributed by atoms with Crippen molar-refractivity contribution in [1.82, 2.24) is 5.32 Å². The summed E-state index contributed by atoms with van der Waals surface area (Å²) in [7, 11) is 1.68. The van der Waals surface area contributed by atoms with Gasteiger partial charge in [-0.3, -0.25) is 0 Å². The number of halogens is 1. The van der Waals surface area contributed by atoms with Crippen LogP contribution in [-0.2, 0) is 15.9 Å². The van der Waals surface area contributed by atoms with Crippen molar-refractivity contribution in [3.8, 4) is 0 Å². The van der Waals surface area contributed by atoms with E-state index >= 15 is 0 Å². The number of hydrogen-bond acceptors (Lipinski definition) is 4. The summed E-state index contributed by atoms with van der Waals surface area (Å²) < 4.78 is 11.3. The molecule has 0 aliphatic heterocycles. The predicted molar refractivity (Wildman–Crippen MR) is 73.2 cm³/mol. The molecule has 1 unspecified atom stereocenters. The van der Waals surface area contributed by atoms with Gasteiger partial charge in [0.2, 0.25) is 0 Å². The minimum Gasteiger partial charge on any atom is -0.382 e. The third kappa shape index (κ3) is 6.38. The highest BCUT2D eigenvalue weighted by molar-refractivity contribution is 7.16. The molecule has 1 heterocycles. The van der Waals surface area contributed by atoms with Gasteiger partial charge in [-0.15, -0.1) is 11.3 Å². The lowest BCUT2D eigenvalue weighted by molar-refractivity contribution is 0.0590. The van der Waals surface area contributed by atoms with E-state index in [-0.39, 0.29) is 0 Å². The zero-order valence-electron chi connectivity index (χ0n) is 10.4. The molecule has 0 aliphatic rings. The predicted octanol–water partition coefficient (Wildman–Crippen LogP) is 2.59. The highest BCUT2D eigenvalue weighted by Crippen LogP contribution is 2.22.